The maximum atomic E-state index is 10.9. The van der Waals surface area contributed by atoms with Crippen LogP contribution in [0.25, 0.3) is 0 Å². The first-order valence-corrected chi connectivity index (χ1v) is 5.10. The van der Waals surface area contributed by atoms with Gasteiger partial charge in [0, 0.05) is 0 Å². The van der Waals surface area contributed by atoms with Gasteiger partial charge >= 0.3 is 5.97 Å². The van der Waals surface area contributed by atoms with Crippen LogP contribution in [0.2, 0.25) is 0 Å². The number of aliphatic hydroxyl groups excluding tert-OH is 1. The van der Waals surface area contributed by atoms with Crippen LogP contribution in [0, 0.1) is 0 Å². The molecule has 0 amide bonds. The summed E-state index contributed by atoms with van der Waals surface area (Å²) in [6, 6.07) is 0. The molecule has 0 aliphatic carbocycles. The van der Waals surface area contributed by atoms with Crippen molar-refractivity contribution in [2.45, 2.75) is 26.1 Å². The molecule has 0 aromatic carbocycles. The van der Waals surface area contributed by atoms with Crippen molar-refractivity contribution >= 4 is 5.97 Å². The first kappa shape index (κ1) is 15.1. The standard InChI is InChI=1S/C11H20O5/c1-8(11(13)14-4)5-15-7-10(3)16-6-9(2)12/h9-10,12H,1,5-7H2,2-4H3. The van der Waals surface area contributed by atoms with E-state index in [1.54, 1.807) is 6.92 Å². The molecule has 0 heterocycles. The van der Waals surface area contributed by atoms with Crippen molar-refractivity contribution in [1.82, 2.24) is 0 Å². The van der Waals surface area contributed by atoms with Gasteiger partial charge in [0.25, 0.3) is 0 Å². The maximum absolute atomic E-state index is 10.9. The molecule has 0 saturated carbocycles. The number of methoxy groups -OCH3 is 1. The van der Waals surface area contributed by atoms with Crippen molar-refractivity contribution < 1.29 is 24.1 Å². The number of aliphatic hydroxyl groups is 1. The fourth-order valence-electron chi connectivity index (χ4n) is 0.903. The Hall–Kier alpha value is -0.910. The van der Waals surface area contributed by atoms with Crippen LogP contribution in [0.5, 0.6) is 0 Å². The minimum atomic E-state index is -0.493. The molecule has 2 atom stereocenters. The van der Waals surface area contributed by atoms with Gasteiger partial charge < -0.3 is 19.3 Å². The number of hydrogen-bond acceptors (Lipinski definition) is 5. The van der Waals surface area contributed by atoms with E-state index >= 15 is 0 Å². The summed E-state index contributed by atoms with van der Waals surface area (Å²) in [6.07, 6.45) is -0.632. The van der Waals surface area contributed by atoms with Gasteiger partial charge in [-0.3, -0.25) is 0 Å². The highest BCUT2D eigenvalue weighted by Crippen LogP contribution is 1.98. The van der Waals surface area contributed by atoms with E-state index in [4.69, 9.17) is 14.6 Å². The molecule has 0 bridgehead atoms. The molecule has 16 heavy (non-hydrogen) atoms. The summed E-state index contributed by atoms with van der Waals surface area (Å²) in [7, 11) is 1.29. The van der Waals surface area contributed by atoms with E-state index in [9.17, 15) is 4.79 Å². The lowest BCUT2D eigenvalue weighted by atomic mass is 10.3. The first-order chi connectivity index (χ1) is 7.47. The second kappa shape index (κ2) is 8.27. The molecule has 0 saturated heterocycles. The van der Waals surface area contributed by atoms with Gasteiger partial charge in [0.15, 0.2) is 0 Å². The molecular weight excluding hydrogens is 212 g/mol. The third-order valence-electron chi connectivity index (χ3n) is 1.72. The van der Waals surface area contributed by atoms with E-state index in [1.165, 1.54) is 7.11 Å². The van der Waals surface area contributed by atoms with E-state index in [-0.39, 0.29) is 24.9 Å². The van der Waals surface area contributed by atoms with Crippen LogP contribution < -0.4 is 0 Å². The Morgan fingerprint density at radius 3 is 2.50 bits per heavy atom. The first-order valence-electron chi connectivity index (χ1n) is 5.10. The molecule has 2 unspecified atom stereocenters. The molecule has 0 rings (SSSR count). The molecule has 0 aliphatic heterocycles. The van der Waals surface area contributed by atoms with Crippen molar-refractivity contribution in [1.29, 1.82) is 0 Å². The second-order valence-corrected chi connectivity index (χ2v) is 3.60. The Morgan fingerprint density at radius 2 is 2.00 bits per heavy atom. The second-order valence-electron chi connectivity index (χ2n) is 3.60. The zero-order valence-electron chi connectivity index (χ0n) is 10.1. The van der Waals surface area contributed by atoms with Gasteiger partial charge in [-0.1, -0.05) is 6.58 Å². The lowest BCUT2D eigenvalue weighted by molar-refractivity contribution is -0.137. The largest absolute Gasteiger partial charge is 0.466 e. The van der Waals surface area contributed by atoms with E-state index in [0.29, 0.717) is 6.61 Å². The van der Waals surface area contributed by atoms with Crippen LogP contribution in [-0.4, -0.2) is 50.2 Å². The van der Waals surface area contributed by atoms with Crippen molar-refractivity contribution in [2.75, 3.05) is 26.9 Å². The molecule has 0 aromatic heterocycles. The predicted molar refractivity (Wildman–Crippen MR) is 59.1 cm³/mol. The van der Waals surface area contributed by atoms with Crippen molar-refractivity contribution in [3.8, 4) is 0 Å². The fourth-order valence-corrected chi connectivity index (χ4v) is 0.903. The third-order valence-corrected chi connectivity index (χ3v) is 1.72. The highest BCUT2D eigenvalue weighted by molar-refractivity contribution is 5.87. The lowest BCUT2D eigenvalue weighted by Crippen LogP contribution is -2.22. The zero-order chi connectivity index (χ0) is 12.6. The summed E-state index contributed by atoms with van der Waals surface area (Å²) in [6.45, 7) is 7.71. The van der Waals surface area contributed by atoms with Crippen molar-refractivity contribution in [2.24, 2.45) is 0 Å². The molecule has 0 radical (unpaired) electrons. The van der Waals surface area contributed by atoms with Crippen LogP contribution in [0.3, 0.4) is 0 Å². The van der Waals surface area contributed by atoms with Gasteiger partial charge in [0.2, 0.25) is 0 Å². The zero-order valence-corrected chi connectivity index (χ0v) is 10.1. The SMILES string of the molecule is C=C(COCC(C)OCC(C)O)C(=O)OC. The molecule has 5 nitrogen and oxygen atoms in total. The van der Waals surface area contributed by atoms with E-state index in [1.807, 2.05) is 6.92 Å². The molecule has 1 N–H and O–H groups in total. The number of ether oxygens (including phenoxy) is 3. The van der Waals surface area contributed by atoms with Gasteiger partial charge in [-0.2, -0.15) is 0 Å². The Labute approximate surface area is 96.0 Å². The van der Waals surface area contributed by atoms with Gasteiger partial charge in [0.1, 0.15) is 0 Å². The van der Waals surface area contributed by atoms with E-state index in [0.717, 1.165) is 0 Å². The summed E-state index contributed by atoms with van der Waals surface area (Å²) in [5, 5.41) is 8.98. The van der Waals surface area contributed by atoms with Crippen molar-refractivity contribution in [3.05, 3.63) is 12.2 Å². The van der Waals surface area contributed by atoms with Crippen LogP contribution >= 0.6 is 0 Å². The van der Waals surface area contributed by atoms with Crippen LogP contribution in [0.1, 0.15) is 13.8 Å². The maximum Gasteiger partial charge on any atom is 0.335 e. The lowest BCUT2D eigenvalue weighted by Gasteiger charge is -2.14. The number of hydrogen-bond donors (Lipinski definition) is 1. The molecule has 0 aromatic rings. The average Bonchev–Trinajstić information content (AvgIpc) is 2.24. The summed E-state index contributed by atoms with van der Waals surface area (Å²) in [4.78, 5) is 10.9. The number of carbonyl (C=O) groups excluding carboxylic acids is 1. The minimum Gasteiger partial charge on any atom is -0.466 e. The molecule has 0 fully saturated rings. The monoisotopic (exact) mass is 232 g/mol. The van der Waals surface area contributed by atoms with Crippen LogP contribution in [0.15, 0.2) is 12.2 Å². The molecule has 0 spiro atoms. The van der Waals surface area contributed by atoms with E-state index in [2.05, 4.69) is 11.3 Å². The Balaban J connectivity index is 3.58. The van der Waals surface area contributed by atoms with Crippen molar-refractivity contribution in [3.63, 3.8) is 0 Å². The number of esters is 1. The molecule has 94 valence electrons. The summed E-state index contributed by atoms with van der Waals surface area (Å²) in [5.41, 5.74) is 0.269. The van der Waals surface area contributed by atoms with E-state index < -0.39 is 12.1 Å². The summed E-state index contributed by atoms with van der Waals surface area (Å²) in [5.74, 6) is -0.474. The van der Waals surface area contributed by atoms with Gasteiger partial charge in [-0.15, -0.1) is 0 Å². The van der Waals surface area contributed by atoms with Gasteiger partial charge in [0.05, 0.1) is 44.7 Å². The van der Waals surface area contributed by atoms with Crippen LogP contribution in [0.4, 0.5) is 0 Å². The Morgan fingerprint density at radius 1 is 1.38 bits per heavy atom. The number of rotatable bonds is 8. The quantitative estimate of drug-likeness (QED) is 0.488. The minimum absolute atomic E-state index is 0.120. The normalized spacial score (nSPS) is 14.2. The third kappa shape index (κ3) is 7.39. The highest BCUT2D eigenvalue weighted by Gasteiger charge is 2.08. The Bertz CT molecular complexity index is 224. The van der Waals surface area contributed by atoms with Crippen LogP contribution in [-0.2, 0) is 19.0 Å². The highest BCUT2D eigenvalue weighted by atomic mass is 16.5. The fraction of sp³-hybridized carbons (Fsp3) is 0.727. The summed E-state index contributed by atoms with van der Waals surface area (Å²) >= 11 is 0. The topological polar surface area (TPSA) is 65.0 Å². The Kier molecular flexibility index (Phi) is 7.80. The summed E-state index contributed by atoms with van der Waals surface area (Å²) < 4.78 is 14.9. The predicted octanol–water partition coefficient (Wildman–Crippen LogP) is 0.518. The van der Waals surface area contributed by atoms with Gasteiger partial charge in [-0.05, 0) is 13.8 Å². The number of carbonyl (C=O) groups is 1. The molecular formula is C11H20O5. The smallest absolute Gasteiger partial charge is 0.335 e. The molecule has 5 heteroatoms. The average molecular weight is 232 g/mol. The van der Waals surface area contributed by atoms with Gasteiger partial charge in [-0.25, -0.2) is 4.79 Å². The molecule has 0 aliphatic rings.